The van der Waals surface area contributed by atoms with Gasteiger partial charge in [0.25, 0.3) is 5.89 Å². The van der Waals surface area contributed by atoms with Crippen molar-refractivity contribution in [3.8, 4) is 17.2 Å². The lowest BCUT2D eigenvalue weighted by atomic mass is 9.96. The Labute approximate surface area is 116 Å². The number of anilines is 1. The number of nitrogen functional groups attached to an aromatic ring is 1. The lowest BCUT2D eigenvalue weighted by Gasteiger charge is -2.11. The van der Waals surface area contributed by atoms with Gasteiger partial charge in [-0.3, -0.25) is 0 Å². The Bertz CT molecular complexity index is 602. The molecule has 0 bridgehead atoms. The average Bonchev–Trinajstić information content (AvgIpc) is 2.81. The van der Waals surface area contributed by atoms with Crippen LogP contribution in [0.2, 0.25) is 5.02 Å². The highest BCUT2D eigenvalue weighted by molar-refractivity contribution is 6.33. The van der Waals surface area contributed by atoms with Crippen LogP contribution in [0.5, 0.6) is 5.75 Å². The number of aromatic nitrogens is 2. The molecule has 102 valence electrons. The van der Waals surface area contributed by atoms with Gasteiger partial charge < -0.3 is 15.0 Å². The van der Waals surface area contributed by atoms with Crippen molar-refractivity contribution in [2.75, 3.05) is 12.8 Å². The molecule has 19 heavy (non-hydrogen) atoms. The van der Waals surface area contributed by atoms with Crippen LogP contribution in [0.15, 0.2) is 16.7 Å². The summed E-state index contributed by atoms with van der Waals surface area (Å²) in [5, 5.41) is 4.40. The molecule has 0 spiro atoms. The first-order valence-corrected chi connectivity index (χ1v) is 6.18. The summed E-state index contributed by atoms with van der Waals surface area (Å²) < 4.78 is 10.5. The predicted molar refractivity (Wildman–Crippen MR) is 74.4 cm³/mol. The molecule has 1 aromatic carbocycles. The van der Waals surface area contributed by atoms with E-state index in [-0.39, 0.29) is 5.41 Å². The zero-order valence-electron chi connectivity index (χ0n) is 11.3. The summed E-state index contributed by atoms with van der Waals surface area (Å²) in [7, 11) is 1.55. The van der Waals surface area contributed by atoms with Crippen molar-refractivity contribution in [3.63, 3.8) is 0 Å². The number of halogens is 1. The van der Waals surface area contributed by atoms with E-state index in [1.807, 2.05) is 20.8 Å². The van der Waals surface area contributed by atoms with E-state index in [1.165, 1.54) is 0 Å². The summed E-state index contributed by atoms with van der Waals surface area (Å²) in [5.41, 5.74) is 6.62. The number of nitrogens with two attached hydrogens (primary N) is 1. The molecule has 0 saturated heterocycles. The second-order valence-corrected chi connectivity index (χ2v) is 5.65. The number of benzene rings is 1. The summed E-state index contributed by atoms with van der Waals surface area (Å²) in [6.45, 7) is 6.03. The topological polar surface area (TPSA) is 74.2 Å². The largest absolute Gasteiger partial charge is 0.496 e. The monoisotopic (exact) mass is 281 g/mol. The molecule has 2 rings (SSSR count). The molecule has 0 aliphatic rings. The van der Waals surface area contributed by atoms with E-state index in [0.717, 1.165) is 0 Å². The fourth-order valence-electron chi connectivity index (χ4n) is 1.54. The molecule has 0 amide bonds. The number of hydrogen-bond donors (Lipinski definition) is 1. The molecular formula is C13H16ClN3O2. The molecule has 0 saturated carbocycles. The maximum atomic E-state index is 6.02. The van der Waals surface area contributed by atoms with Gasteiger partial charge >= 0.3 is 0 Å². The van der Waals surface area contributed by atoms with Gasteiger partial charge in [0.1, 0.15) is 5.75 Å². The van der Waals surface area contributed by atoms with Gasteiger partial charge in [-0.1, -0.05) is 37.5 Å². The number of ether oxygens (including phenoxy) is 1. The molecule has 0 atom stereocenters. The van der Waals surface area contributed by atoms with E-state index in [4.69, 9.17) is 26.6 Å². The van der Waals surface area contributed by atoms with Gasteiger partial charge in [-0.25, -0.2) is 0 Å². The van der Waals surface area contributed by atoms with Gasteiger partial charge in [0.05, 0.1) is 23.4 Å². The van der Waals surface area contributed by atoms with E-state index in [2.05, 4.69) is 10.1 Å². The highest BCUT2D eigenvalue weighted by Crippen LogP contribution is 2.36. The van der Waals surface area contributed by atoms with Gasteiger partial charge in [0.15, 0.2) is 5.82 Å². The Hall–Kier alpha value is -1.75. The van der Waals surface area contributed by atoms with Crippen molar-refractivity contribution in [2.24, 2.45) is 0 Å². The summed E-state index contributed by atoms with van der Waals surface area (Å²) in [5.74, 6) is 1.53. The first-order chi connectivity index (χ1) is 8.82. The highest BCUT2D eigenvalue weighted by Gasteiger charge is 2.23. The molecule has 0 unspecified atom stereocenters. The van der Waals surface area contributed by atoms with Gasteiger partial charge in [0, 0.05) is 11.5 Å². The van der Waals surface area contributed by atoms with E-state index < -0.39 is 0 Å². The van der Waals surface area contributed by atoms with E-state index in [1.54, 1.807) is 19.2 Å². The second-order valence-electron chi connectivity index (χ2n) is 5.25. The van der Waals surface area contributed by atoms with Crippen LogP contribution in [-0.4, -0.2) is 17.3 Å². The average molecular weight is 282 g/mol. The van der Waals surface area contributed by atoms with Crippen molar-refractivity contribution in [3.05, 3.63) is 23.0 Å². The minimum atomic E-state index is -0.188. The number of hydrogen-bond acceptors (Lipinski definition) is 5. The first kappa shape index (κ1) is 13.7. The smallest absolute Gasteiger partial charge is 0.261 e. The van der Waals surface area contributed by atoms with Gasteiger partial charge in [-0.05, 0) is 6.07 Å². The molecule has 0 radical (unpaired) electrons. The normalized spacial score (nSPS) is 11.6. The van der Waals surface area contributed by atoms with Crippen LogP contribution in [0, 0.1) is 0 Å². The first-order valence-electron chi connectivity index (χ1n) is 5.80. The summed E-state index contributed by atoms with van der Waals surface area (Å²) in [4.78, 5) is 4.37. The summed E-state index contributed by atoms with van der Waals surface area (Å²) in [6.07, 6.45) is 0. The maximum absolute atomic E-state index is 6.02. The second kappa shape index (κ2) is 4.74. The SMILES string of the molecule is COc1cc(N)c(Cl)cc1-c1nc(C(C)(C)C)no1. The predicted octanol–water partition coefficient (Wildman–Crippen LogP) is 3.28. The fourth-order valence-corrected chi connectivity index (χ4v) is 1.71. The van der Waals surface area contributed by atoms with Crippen molar-refractivity contribution in [2.45, 2.75) is 26.2 Å². The molecule has 0 aliphatic carbocycles. The van der Waals surface area contributed by atoms with Crippen LogP contribution < -0.4 is 10.5 Å². The van der Waals surface area contributed by atoms with Crippen LogP contribution in [0.3, 0.4) is 0 Å². The fraction of sp³-hybridized carbons (Fsp3) is 0.385. The van der Waals surface area contributed by atoms with E-state index >= 15 is 0 Å². The Morgan fingerprint density at radius 1 is 1.32 bits per heavy atom. The molecular weight excluding hydrogens is 266 g/mol. The Morgan fingerprint density at radius 3 is 2.53 bits per heavy atom. The van der Waals surface area contributed by atoms with Crippen LogP contribution in [0.1, 0.15) is 26.6 Å². The molecule has 5 nitrogen and oxygen atoms in total. The Balaban J connectivity index is 2.53. The third kappa shape index (κ3) is 2.66. The highest BCUT2D eigenvalue weighted by atomic mass is 35.5. The Morgan fingerprint density at radius 2 is 2.00 bits per heavy atom. The zero-order chi connectivity index (χ0) is 14.2. The third-order valence-electron chi connectivity index (χ3n) is 2.65. The van der Waals surface area contributed by atoms with E-state index in [9.17, 15) is 0 Å². The molecule has 1 heterocycles. The van der Waals surface area contributed by atoms with Crippen LogP contribution in [0.4, 0.5) is 5.69 Å². The maximum Gasteiger partial charge on any atom is 0.261 e. The summed E-state index contributed by atoms with van der Waals surface area (Å²) >= 11 is 6.02. The summed E-state index contributed by atoms with van der Waals surface area (Å²) in [6, 6.07) is 3.30. The standard InChI is InChI=1S/C13H16ClN3O2/c1-13(2,3)12-16-11(19-17-12)7-5-8(14)9(15)6-10(7)18-4/h5-6H,15H2,1-4H3. The molecule has 0 fully saturated rings. The van der Waals surface area contributed by atoms with Gasteiger partial charge in [-0.2, -0.15) is 4.98 Å². The van der Waals surface area contributed by atoms with Gasteiger partial charge in [-0.15, -0.1) is 0 Å². The van der Waals surface area contributed by atoms with Crippen molar-refractivity contribution in [1.82, 2.24) is 10.1 Å². The number of rotatable bonds is 2. The van der Waals surface area contributed by atoms with Crippen molar-refractivity contribution in [1.29, 1.82) is 0 Å². The minimum absolute atomic E-state index is 0.188. The minimum Gasteiger partial charge on any atom is -0.496 e. The molecule has 6 heteroatoms. The van der Waals surface area contributed by atoms with Crippen LogP contribution >= 0.6 is 11.6 Å². The molecule has 2 aromatic rings. The van der Waals surface area contributed by atoms with Crippen molar-refractivity contribution < 1.29 is 9.26 Å². The number of methoxy groups -OCH3 is 1. The third-order valence-corrected chi connectivity index (χ3v) is 2.97. The lowest BCUT2D eigenvalue weighted by Crippen LogP contribution is -2.13. The van der Waals surface area contributed by atoms with Gasteiger partial charge in [0.2, 0.25) is 0 Å². The van der Waals surface area contributed by atoms with Crippen molar-refractivity contribution >= 4 is 17.3 Å². The zero-order valence-corrected chi connectivity index (χ0v) is 12.1. The molecule has 0 aliphatic heterocycles. The quantitative estimate of drug-likeness (QED) is 0.855. The van der Waals surface area contributed by atoms with E-state index in [0.29, 0.717) is 33.7 Å². The Kier molecular flexibility index (Phi) is 3.41. The van der Waals surface area contributed by atoms with Crippen LogP contribution in [-0.2, 0) is 5.41 Å². The molecule has 2 N–H and O–H groups in total. The molecule has 1 aromatic heterocycles. The lowest BCUT2D eigenvalue weighted by molar-refractivity contribution is 0.393. The van der Waals surface area contributed by atoms with Crippen LogP contribution in [0.25, 0.3) is 11.5 Å². The number of nitrogens with zero attached hydrogens (tertiary/aromatic N) is 2.